The first-order valence-corrected chi connectivity index (χ1v) is 4.39. The largest absolute Gasteiger partial charge is 0.243 e. The van der Waals surface area contributed by atoms with Gasteiger partial charge in [0.05, 0.1) is 11.9 Å². The Kier molecular flexibility index (Phi) is 1.93. The molecule has 0 aromatic rings. The number of rotatable bonds is 1. The number of aliphatic imine (C=N–C) groups is 1. The van der Waals surface area contributed by atoms with Gasteiger partial charge in [0.25, 0.3) is 0 Å². The van der Waals surface area contributed by atoms with Gasteiger partial charge in [-0.05, 0) is 12.8 Å². The maximum Gasteiger partial charge on any atom is 0.115 e. The van der Waals surface area contributed by atoms with Gasteiger partial charge in [-0.15, -0.1) is 0 Å². The van der Waals surface area contributed by atoms with Gasteiger partial charge in [0.15, 0.2) is 0 Å². The Morgan fingerprint density at radius 1 is 1.18 bits per heavy atom. The highest BCUT2D eigenvalue weighted by molar-refractivity contribution is 5.61. The summed E-state index contributed by atoms with van der Waals surface area (Å²) in [5.41, 5.74) is 1.21. The number of hydrogen-bond donors (Lipinski definition) is 0. The van der Waals surface area contributed by atoms with E-state index in [1.54, 1.807) is 6.34 Å². The molecule has 0 unspecified atom stereocenters. The third-order valence-electron chi connectivity index (χ3n) is 2.50. The minimum atomic E-state index is 0.714. The summed E-state index contributed by atoms with van der Waals surface area (Å²) in [6, 6.07) is 0. The van der Waals surface area contributed by atoms with Crippen molar-refractivity contribution < 1.29 is 0 Å². The van der Waals surface area contributed by atoms with E-state index < -0.39 is 0 Å². The zero-order valence-corrected chi connectivity index (χ0v) is 6.66. The minimum Gasteiger partial charge on any atom is -0.243 e. The molecule has 0 atom stereocenters. The smallest absolute Gasteiger partial charge is 0.115 e. The lowest BCUT2D eigenvalue weighted by Gasteiger charge is -2.20. The summed E-state index contributed by atoms with van der Waals surface area (Å²) in [7, 11) is 0. The van der Waals surface area contributed by atoms with Crippen molar-refractivity contribution in [2.45, 2.75) is 32.1 Å². The predicted molar refractivity (Wildman–Crippen MR) is 45.3 cm³/mol. The Bertz CT molecular complexity index is 188. The van der Waals surface area contributed by atoms with Gasteiger partial charge >= 0.3 is 0 Å². The van der Waals surface area contributed by atoms with Gasteiger partial charge in [0.1, 0.15) is 6.34 Å². The second kappa shape index (κ2) is 3.07. The first-order chi connectivity index (χ1) is 5.47. The molecule has 11 heavy (non-hydrogen) atoms. The Morgan fingerprint density at radius 2 is 2.00 bits per heavy atom. The second-order valence-electron chi connectivity index (χ2n) is 3.28. The van der Waals surface area contributed by atoms with Gasteiger partial charge < -0.3 is 0 Å². The third-order valence-corrected chi connectivity index (χ3v) is 2.50. The summed E-state index contributed by atoms with van der Waals surface area (Å²) >= 11 is 0. The molecule has 0 spiro atoms. The van der Waals surface area contributed by atoms with E-state index in [0.717, 1.165) is 0 Å². The van der Waals surface area contributed by atoms with Crippen LogP contribution in [0.25, 0.3) is 0 Å². The zero-order chi connectivity index (χ0) is 7.52. The van der Waals surface area contributed by atoms with Crippen LogP contribution in [0.4, 0.5) is 0 Å². The molecule has 1 aliphatic heterocycles. The second-order valence-corrected chi connectivity index (χ2v) is 3.28. The Balaban J connectivity index is 1.93. The summed E-state index contributed by atoms with van der Waals surface area (Å²) in [4.78, 5) is 3.99. The lowest BCUT2D eigenvalue weighted by molar-refractivity contribution is 0.395. The fraction of sp³-hybridized carbons (Fsp3) is 0.667. The molecule has 59 valence electrons. The maximum atomic E-state index is 4.23. The highest BCUT2D eigenvalue weighted by atomic mass is 15.0. The minimum absolute atomic E-state index is 0.714. The van der Waals surface area contributed by atoms with Crippen molar-refractivity contribution in [3.63, 3.8) is 0 Å². The van der Waals surface area contributed by atoms with E-state index in [1.807, 2.05) is 6.20 Å². The van der Waals surface area contributed by atoms with Crippen LogP contribution >= 0.6 is 0 Å². The summed E-state index contributed by atoms with van der Waals surface area (Å²) in [5, 5.41) is 4.23. The van der Waals surface area contributed by atoms with Gasteiger partial charge in [-0.2, -0.15) is 0 Å². The van der Waals surface area contributed by atoms with Gasteiger partial charge in [0.2, 0.25) is 0 Å². The van der Waals surface area contributed by atoms with Crippen molar-refractivity contribution in [2.24, 2.45) is 10.9 Å². The fourth-order valence-corrected chi connectivity index (χ4v) is 1.85. The molecule has 2 heteroatoms. The van der Waals surface area contributed by atoms with E-state index in [2.05, 4.69) is 10.3 Å². The van der Waals surface area contributed by atoms with Crippen LogP contribution in [0.1, 0.15) is 32.1 Å². The van der Waals surface area contributed by atoms with Crippen molar-refractivity contribution in [1.82, 2.24) is 5.32 Å². The normalized spacial score (nSPS) is 24.9. The average molecular weight is 149 g/mol. The van der Waals surface area contributed by atoms with E-state index in [9.17, 15) is 0 Å². The van der Waals surface area contributed by atoms with Gasteiger partial charge in [-0.1, -0.05) is 19.3 Å². The molecule has 0 aromatic heterocycles. The van der Waals surface area contributed by atoms with Gasteiger partial charge in [0, 0.05) is 5.92 Å². The quantitative estimate of drug-likeness (QED) is 0.545. The Morgan fingerprint density at radius 3 is 2.64 bits per heavy atom. The van der Waals surface area contributed by atoms with Crippen LogP contribution < -0.4 is 5.32 Å². The van der Waals surface area contributed by atoms with Crippen molar-refractivity contribution in [2.75, 3.05) is 0 Å². The standard InChI is InChI=1S/C9H13N2/c1-2-4-8(5-3-1)9-6-10-7-11-9/h6-8H,1-5H2. The molecule has 2 aliphatic rings. The summed E-state index contributed by atoms with van der Waals surface area (Å²) in [5.74, 6) is 0.714. The van der Waals surface area contributed by atoms with Gasteiger partial charge in [-0.25, -0.2) is 10.3 Å². The predicted octanol–water partition coefficient (Wildman–Crippen LogP) is 2.05. The molecule has 0 aromatic carbocycles. The summed E-state index contributed by atoms with van der Waals surface area (Å²) < 4.78 is 0. The van der Waals surface area contributed by atoms with E-state index in [1.165, 1.54) is 37.8 Å². The fourth-order valence-electron chi connectivity index (χ4n) is 1.85. The highest BCUT2D eigenvalue weighted by Crippen LogP contribution is 2.29. The Hall–Kier alpha value is -0.790. The van der Waals surface area contributed by atoms with Crippen molar-refractivity contribution in [3.8, 4) is 0 Å². The van der Waals surface area contributed by atoms with E-state index >= 15 is 0 Å². The molecule has 2 rings (SSSR count). The molecule has 1 radical (unpaired) electrons. The molecular formula is C9H13N2. The molecule has 1 saturated carbocycles. The molecule has 1 aliphatic carbocycles. The number of nitrogens with zero attached hydrogens (tertiary/aromatic N) is 2. The topological polar surface area (TPSA) is 26.5 Å². The third kappa shape index (κ3) is 1.44. The molecule has 1 heterocycles. The number of hydrogen-bond acceptors (Lipinski definition) is 1. The maximum absolute atomic E-state index is 4.23. The van der Waals surface area contributed by atoms with Crippen LogP contribution in [0.3, 0.4) is 0 Å². The molecule has 0 bridgehead atoms. The van der Waals surface area contributed by atoms with Gasteiger partial charge in [-0.3, -0.25) is 0 Å². The first-order valence-electron chi connectivity index (χ1n) is 4.39. The molecule has 0 amide bonds. The molecule has 2 nitrogen and oxygen atoms in total. The average Bonchev–Trinajstić information content (AvgIpc) is 2.58. The molecular weight excluding hydrogens is 136 g/mol. The zero-order valence-electron chi connectivity index (χ0n) is 6.66. The van der Waals surface area contributed by atoms with Crippen molar-refractivity contribution >= 4 is 6.34 Å². The van der Waals surface area contributed by atoms with Crippen LogP contribution in [-0.2, 0) is 0 Å². The number of allylic oxidation sites excluding steroid dienone is 1. The highest BCUT2D eigenvalue weighted by Gasteiger charge is 2.19. The van der Waals surface area contributed by atoms with E-state index in [-0.39, 0.29) is 0 Å². The molecule has 0 N–H and O–H groups in total. The molecule has 0 saturated heterocycles. The first kappa shape index (κ1) is 6.89. The van der Waals surface area contributed by atoms with E-state index in [4.69, 9.17) is 0 Å². The molecule has 1 fully saturated rings. The summed E-state index contributed by atoms with van der Waals surface area (Å²) in [6.07, 6.45) is 10.4. The lowest BCUT2D eigenvalue weighted by Crippen LogP contribution is -2.13. The van der Waals surface area contributed by atoms with Crippen LogP contribution in [-0.4, -0.2) is 6.34 Å². The lowest BCUT2D eigenvalue weighted by atomic mass is 9.87. The monoisotopic (exact) mass is 149 g/mol. The van der Waals surface area contributed by atoms with Crippen LogP contribution in [0.15, 0.2) is 16.9 Å². The van der Waals surface area contributed by atoms with Crippen LogP contribution in [0, 0.1) is 5.92 Å². The van der Waals surface area contributed by atoms with Crippen LogP contribution in [0.5, 0.6) is 0 Å². The SMILES string of the molecule is C1=NC=C(C2CCCCC2)[N]1. The van der Waals surface area contributed by atoms with E-state index in [0.29, 0.717) is 5.92 Å². The van der Waals surface area contributed by atoms with Crippen LogP contribution in [0.2, 0.25) is 0 Å². The van der Waals surface area contributed by atoms with Crippen molar-refractivity contribution in [3.05, 3.63) is 11.9 Å². The Labute approximate surface area is 67.4 Å². The van der Waals surface area contributed by atoms with Crippen molar-refractivity contribution in [1.29, 1.82) is 0 Å². The summed E-state index contributed by atoms with van der Waals surface area (Å²) in [6.45, 7) is 0.